The van der Waals surface area contributed by atoms with E-state index in [9.17, 15) is 0 Å². The first kappa shape index (κ1) is 12.7. The maximum absolute atomic E-state index is 4.73. The number of aromatic nitrogens is 3. The van der Waals surface area contributed by atoms with Gasteiger partial charge in [-0.3, -0.25) is 0 Å². The van der Waals surface area contributed by atoms with Gasteiger partial charge in [-0.1, -0.05) is 13.8 Å². The van der Waals surface area contributed by atoms with E-state index in [0.29, 0.717) is 12.1 Å². The number of anilines is 1. The summed E-state index contributed by atoms with van der Waals surface area (Å²) in [6.07, 6.45) is 3.39. The molecule has 102 valence electrons. The maximum atomic E-state index is 4.73. The van der Waals surface area contributed by atoms with Gasteiger partial charge in [-0.05, 0) is 43.2 Å². The lowest BCUT2D eigenvalue weighted by Crippen LogP contribution is -2.31. The van der Waals surface area contributed by atoms with Crippen LogP contribution in [0, 0.1) is 6.92 Å². The van der Waals surface area contributed by atoms with Crippen molar-refractivity contribution in [1.29, 1.82) is 0 Å². The molecule has 0 radical (unpaired) electrons. The zero-order valence-corrected chi connectivity index (χ0v) is 12.5. The standard InChI is InChI=1S/C14H20N4S/c1-4-10-8-11(5-2)18-14(15-10)16-13(17-18)12-9(3)6-7-19-12/h6-7,10-11H,4-5,8H2,1-3H3,(H,15,16,17). The molecule has 0 aromatic carbocycles. The van der Waals surface area contributed by atoms with Gasteiger partial charge in [-0.15, -0.1) is 16.4 Å². The Balaban J connectivity index is 2.00. The van der Waals surface area contributed by atoms with Crippen LogP contribution in [0.25, 0.3) is 10.7 Å². The third kappa shape index (κ3) is 2.16. The van der Waals surface area contributed by atoms with Crippen molar-refractivity contribution in [3.8, 4) is 10.7 Å². The van der Waals surface area contributed by atoms with Gasteiger partial charge in [0.25, 0.3) is 0 Å². The summed E-state index contributed by atoms with van der Waals surface area (Å²) in [6.45, 7) is 6.57. The fraction of sp³-hybridized carbons (Fsp3) is 0.571. The van der Waals surface area contributed by atoms with Crippen molar-refractivity contribution in [2.45, 2.75) is 52.1 Å². The van der Waals surface area contributed by atoms with Crippen molar-refractivity contribution in [3.05, 3.63) is 17.0 Å². The summed E-state index contributed by atoms with van der Waals surface area (Å²) in [5.74, 6) is 1.80. The summed E-state index contributed by atoms with van der Waals surface area (Å²) < 4.78 is 2.08. The summed E-state index contributed by atoms with van der Waals surface area (Å²) in [5, 5.41) is 10.3. The van der Waals surface area contributed by atoms with Crippen molar-refractivity contribution in [2.75, 3.05) is 5.32 Å². The number of fused-ring (bicyclic) bond motifs is 1. The molecule has 0 spiro atoms. The van der Waals surface area contributed by atoms with E-state index in [4.69, 9.17) is 10.1 Å². The summed E-state index contributed by atoms with van der Waals surface area (Å²) in [5.41, 5.74) is 1.26. The Bertz CT molecular complexity index is 572. The fourth-order valence-electron chi connectivity index (χ4n) is 2.65. The normalized spacial score (nSPS) is 22.1. The highest BCUT2D eigenvalue weighted by atomic mass is 32.1. The van der Waals surface area contributed by atoms with Crippen LogP contribution in [-0.4, -0.2) is 20.8 Å². The van der Waals surface area contributed by atoms with Gasteiger partial charge in [0.1, 0.15) is 0 Å². The van der Waals surface area contributed by atoms with Crippen LogP contribution >= 0.6 is 11.3 Å². The lowest BCUT2D eigenvalue weighted by atomic mass is 10.0. The molecule has 0 saturated carbocycles. The molecule has 2 unspecified atom stereocenters. The predicted octanol–water partition coefficient (Wildman–Crippen LogP) is 3.86. The van der Waals surface area contributed by atoms with Crippen molar-refractivity contribution in [1.82, 2.24) is 14.8 Å². The molecule has 0 aliphatic carbocycles. The van der Waals surface area contributed by atoms with Crippen molar-refractivity contribution < 1.29 is 0 Å². The number of thiophene rings is 1. The Kier molecular flexibility index (Phi) is 3.31. The molecular weight excluding hydrogens is 256 g/mol. The Morgan fingerprint density at radius 2 is 2.26 bits per heavy atom. The van der Waals surface area contributed by atoms with Crippen LogP contribution in [0.4, 0.5) is 5.95 Å². The van der Waals surface area contributed by atoms with Gasteiger partial charge in [0.15, 0.2) is 5.82 Å². The summed E-state index contributed by atoms with van der Waals surface area (Å²) in [6, 6.07) is 3.13. The topological polar surface area (TPSA) is 42.7 Å². The lowest BCUT2D eigenvalue weighted by molar-refractivity contribution is 0.361. The van der Waals surface area contributed by atoms with E-state index in [-0.39, 0.29) is 0 Å². The first-order chi connectivity index (χ1) is 9.22. The first-order valence-electron chi connectivity index (χ1n) is 7.00. The molecule has 2 aromatic heterocycles. The molecule has 0 saturated heterocycles. The van der Waals surface area contributed by atoms with Crippen LogP contribution in [0.3, 0.4) is 0 Å². The number of nitrogens with zero attached hydrogens (tertiary/aromatic N) is 3. The molecular formula is C14H20N4S. The van der Waals surface area contributed by atoms with Crippen LogP contribution < -0.4 is 5.32 Å². The molecule has 3 heterocycles. The minimum atomic E-state index is 0.475. The summed E-state index contributed by atoms with van der Waals surface area (Å²) in [4.78, 5) is 5.89. The molecule has 1 N–H and O–H groups in total. The van der Waals surface area contributed by atoms with Gasteiger partial charge in [0.2, 0.25) is 5.95 Å². The highest BCUT2D eigenvalue weighted by Crippen LogP contribution is 2.33. The zero-order valence-electron chi connectivity index (χ0n) is 11.7. The SMILES string of the molecule is CCC1CC(CC)n2nc(-c3sccc3C)nc2N1. The quantitative estimate of drug-likeness (QED) is 0.925. The zero-order chi connectivity index (χ0) is 13.4. The van der Waals surface area contributed by atoms with Crippen molar-refractivity contribution in [2.24, 2.45) is 0 Å². The first-order valence-corrected chi connectivity index (χ1v) is 7.88. The largest absolute Gasteiger partial charge is 0.352 e. The molecule has 0 amide bonds. The predicted molar refractivity (Wildman–Crippen MR) is 79.7 cm³/mol. The Labute approximate surface area is 117 Å². The molecule has 2 atom stereocenters. The van der Waals surface area contributed by atoms with E-state index in [1.165, 1.54) is 10.4 Å². The van der Waals surface area contributed by atoms with Crippen LogP contribution in [0.1, 0.15) is 44.7 Å². The number of rotatable bonds is 3. The average molecular weight is 276 g/mol. The second-order valence-corrected chi connectivity index (χ2v) is 6.10. The van der Waals surface area contributed by atoms with Crippen LogP contribution in [0.15, 0.2) is 11.4 Å². The van der Waals surface area contributed by atoms with Crippen molar-refractivity contribution in [3.63, 3.8) is 0 Å². The minimum Gasteiger partial charge on any atom is -0.352 e. The molecule has 3 rings (SSSR count). The molecule has 2 aromatic rings. The molecule has 1 aliphatic rings. The molecule has 19 heavy (non-hydrogen) atoms. The lowest BCUT2D eigenvalue weighted by Gasteiger charge is -2.29. The van der Waals surface area contributed by atoms with E-state index >= 15 is 0 Å². The highest BCUT2D eigenvalue weighted by Gasteiger charge is 2.27. The average Bonchev–Trinajstić information content (AvgIpc) is 3.02. The second-order valence-electron chi connectivity index (χ2n) is 5.18. The summed E-state index contributed by atoms with van der Waals surface area (Å²) >= 11 is 1.72. The van der Waals surface area contributed by atoms with Crippen LogP contribution in [0.2, 0.25) is 0 Å². The molecule has 4 nitrogen and oxygen atoms in total. The van der Waals surface area contributed by atoms with E-state index in [2.05, 4.69) is 42.2 Å². The third-order valence-electron chi connectivity index (χ3n) is 3.90. The smallest absolute Gasteiger partial charge is 0.222 e. The van der Waals surface area contributed by atoms with Gasteiger partial charge in [-0.25, -0.2) is 4.68 Å². The van der Waals surface area contributed by atoms with E-state index in [0.717, 1.165) is 31.0 Å². The van der Waals surface area contributed by atoms with Gasteiger partial charge in [-0.2, -0.15) is 4.98 Å². The molecule has 0 fully saturated rings. The number of aryl methyl sites for hydroxylation is 1. The Morgan fingerprint density at radius 3 is 2.89 bits per heavy atom. The molecule has 1 aliphatic heterocycles. The van der Waals surface area contributed by atoms with Gasteiger partial charge in [0, 0.05) is 6.04 Å². The van der Waals surface area contributed by atoms with Gasteiger partial charge >= 0.3 is 0 Å². The van der Waals surface area contributed by atoms with E-state index in [1.807, 2.05) is 0 Å². The monoisotopic (exact) mass is 276 g/mol. The summed E-state index contributed by atoms with van der Waals surface area (Å²) in [7, 11) is 0. The van der Waals surface area contributed by atoms with Crippen LogP contribution in [-0.2, 0) is 0 Å². The second kappa shape index (κ2) is 4.96. The van der Waals surface area contributed by atoms with E-state index in [1.54, 1.807) is 11.3 Å². The minimum absolute atomic E-state index is 0.475. The Hall–Kier alpha value is -1.36. The maximum Gasteiger partial charge on any atom is 0.222 e. The number of nitrogens with one attached hydrogen (secondary N) is 1. The van der Waals surface area contributed by atoms with E-state index < -0.39 is 0 Å². The van der Waals surface area contributed by atoms with Crippen molar-refractivity contribution >= 4 is 17.3 Å². The van der Waals surface area contributed by atoms with Gasteiger partial charge < -0.3 is 5.32 Å². The van der Waals surface area contributed by atoms with Crippen LogP contribution in [0.5, 0.6) is 0 Å². The highest BCUT2D eigenvalue weighted by molar-refractivity contribution is 7.13. The molecule has 5 heteroatoms. The number of hydrogen-bond donors (Lipinski definition) is 1. The molecule has 0 bridgehead atoms. The van der Waals surface area contributed by atoms with Gasteiger partial charge in [0.05, 0.1) is 10.9 Å². The third-order valence-corrected chi connectivity index (χ3v) is 4.91. The Morgan fingerprint density at radius 1 is 1.42 bits per heavy atom. The fourth-order valence-corrected chi connectivity index (χ4v) is 3.51. The number of hydrogen-bond acceptors (Lipinski definition) is 4.